The summed E-state index contributed by atoms with van der Waals surface area (Å²) in [5.74, 6) is -0.559. The first kappa shape index (κ1) is 12.6. The van der Waals surface area contributed by atoms with E-state index in [9.17, 15) is 4.79 Å². The number of nitrogens with zero attached hydrogens (tertiary/aromatic N) is 3. The second-order valence-corrected chi connectivity index (χ2v) is 4.88. The fourth-order valence-electron chi connectivity index (χ4n) is 2.52. The molecule has 2 aromatic rings. The monoisotopic (exact) mass is 269 g/mol. The molecule has 0 saturated heterocycles. The van der Waals surface area contributed by atoms with Crippen molar-refractivity contribution < 1.29 is 9.90 Å². The van der Waals surface area contributed by atoms with E-state index in [2.05, 4.69) is 16.0 Å². The van der Waals surface area contributed by atoms with Gasteiger partial charge in [-0.05, 0) is 37.5 Å². The van der Waals surface area contributed by atoms with Crippen LogP contribution >= 0.6 is 0 Å². The van der Waals surface area contributed by atoms with Gasteiger partial charge in [-0.2, -0.15) is 0 Å². The summed E-state index contributed by atoms with van der Waals surface area (Å²) >= 11 is 0. The summed E-state index contributed by atoms with van der Waals surface area (Å²) in [6, 6.07) is 9.60. The Kier molecular flexibility index (Phi) is 3.10. The topological polar surface area (TPSA) is 66.3 Å². The first-order chi connectivity index (χ1) is 9.65. The van der Waals surface area contributed by atoms with Crippen LogP contribution in [0.2, 0.25) is 0 Å². The van der Waals surface area contributed by atoms with Gasteiger partial charge >= 0.3 is 5.97 Å². The predicted octanol–water partition coefficient (Wildman–Crippen LogP) is 2.57. The van der Waals surface area contributed by atoms with Gasteiger partial charge in [0.2, 0.25) is 5.95 Å². The molecule has 1 aliphatic rings. The van der Waals surface area contributed by atoms with Crippen LogP contribution in [-0.4, -0.2) is 27.6 Å². The van der Waals surface area contributed by atoms with Crippen LogP contribution in [0.4, 0.5) is 11.6 Å². The van der Waals surface area contributed by atoms with Crippen LogP contribution < -0.4 is 4.90 Å². The number of hydrogen-bond donors (Lipinski definition) is 1. The second-order valence-electron chi connectivity index (χ2n) is 4.88. The minimum atomic E-state index is -1.03. The van der Waals surface area contributed by atoms with Gasteiger partial charge in [0, 0.05) is 17.9 Å². The standard InChI is InChI=1S/C15H15N3O2/c1-10-9-12(14(19)20)17-15(16-10)18-8-4-6-11-5-2-3-7-13(11)18/h2-3,5,7,9H,4,6,8H2,1H3,(H,19,20). The van der Waals surface area contributed by atoms with Gasteiger partial charge in [-0.1, -0.05) is 18.2 Å². The van der Waals surface area contributed by atoms with Gasteiger partial charge in [0.1, 0.15) is 0 Å². The van der Waals surface area contributed by atoms with E-state index < -0.39 is 5.97 Å². The first-order valence-corrected chi connectivity index (χ1v) is 6.59. The van der Waals surface area contributed by atoms with Crippen LogP contribution in [-0.2, 0) is 6.42 Å². The van der Waals surface area contributed by atoms with Crippen LogP contribution in [0.25, 0.3) is 0 Å². The Balaban J connectivity index is 2.08. The van der Waals surface area contributed by atoms with E-state index in [-0.39, 0.29) is 5.69 Å². The molecular formula is C15H15N3O2. The molecule has 0 spiro atoms. The third-order valence-electron chi connectivity index (χ3n) is 3.41. The molecule has 102 valence electrons. The smallest absolute Gasteiger partial charge is 0.354 e. The average molecular weight is 269 g/mol. The molecule has 0 amide bonds. The number of anilines is 2. The highest BCUT2D eigenvalue weighted by molar-refractivity contribution is 5.86. The van der Waals surface area contributed by atoms with Crippen molar-refractivity contribution in [3.8, 4) is 0 Å². The van der Waals surface area contributed by atoms with Gasteiger partial charge in [0.15, 0.2) is 5.69 Å². The molecule has 1 aromatic heterocycles. The van der Waals surface area contributed by atoms with E-state index in [1.807, 2.05) is 23.1 Å². The van der Waals surface area contributed by atoms with E-state index in [0.29, 0.717) is 11.6 Å². The maximum absolute atomic E-state index is 11.1. The Morgan fingerprint density at radius 1 is 1.30 bits per heavy atom. The average Bonchev–Trinajstić information content (AvgIpc) is 2.46. The minimum Gasteiger partial charge on any atom is -0.477 e. The van der Waals surface area contributed by atoms with Crippen molar-refractivity contribution in [2.75, 3.05) is 11.4 Å². The maximum Gasteiger partial charge on any atom is 0.354 e. The highest BCUT2D eigenvalue weighted by Gasteiger charge is 2.21. The molecule has 0 radical (unpaired) electrons. The first-order valence-electron chi connectivity index (χ1n) is 6.59. The summed E-state index contributed by atoms with van der Waals surface area (Å²) in [5.41, 5.74) is 3.02. The van der Waals surface area contributed by atoms with Crippen LogP contribution in [0.1, 0.15) is 28.2 Å². The molecule has 0 bridgehead atoms. The van der Waals surface area contributed by atoms with E-state index in [1.165, 1.54) is 11.6 Å². The van der Waals surface area contributed by atoms with E-state index in [0.717, 1.165) is 25.1 Å². The van der Waals surface area contributed by atoms with Gasteiger partial charge in [-0.15, -0.1) is 0 Å². The minimum absolute atomic E-state index is 0.0376. The fraction of sp³-hybridized carbons (Fsp3) is 0.267. The Labute approximate surface area is 116 Å². The largest absolute Gasteiger partial charge is 0.477 e. The lowest BCUT2D eigenvalue weighted by Gasteiger charge is -2.29. The number of aromatic nitrogens is 2. The van der Waals surface area contributed by atoms with Crippen molar-refractivity contribution >= 4 is 17.6 Å². The zero-order valence-electron chi connectivity index (χ0n) is 11.2. The molecule has 1 aromatic carbocycles. The van der Waals surface area contributed by atoms with Gasteiger partial charge in [-0.3, -0.25) is 0 Å². The van der Waals surface area contributed by atoms with Crippen LogP contribution in [0.15, 0.2) is 30.3 Å². The lowest BCUT2D eigenvalue weighted by molar-refractivity contribution is 0.0690. The number of para-hydroxylation sites is 1. The SMILES string of the molecule is Cc1cc(C(=O)O)nc(N2CCCc3ccccc32)n1. The number of fused-ring (bicyclic) bond motifs is 1. The summed E-state index contributed by atoms with van der Waals surface area (Å²) in [7, 11) is 0. The summed E-state index contributed by atoms with van der Waals surface area (Å²) < 4.78 is 0. The predicted molar refractivity (Wildman–Crippen MR) is 75.5 cm³/mol. The van der Waals surface area contributed by atoms with Gasteiger partial charge in [0.05, 0.1) is 0 Å². The third-order valence-corrected chi connectivity index (χ3v) is 3.41. The molecule has 5 heteroatoms. The molecule has 2 heterocycles. The summed E-state index contributed by atoms with van der Waals surface area (Å²) in [6.07, 6.45) is 2.04. The number of carboxylic acid groups (broad SMARTS) is 1. The number of carbonyl (C=O) groups is 1. The molecule has 0 aliphatic carbocycles. The van der Waals surface area contributed by atoms with E-state index >= 15 is 0 Å². The van der Waals surface area contributed by atoms with Gasteiger partial charge in [-0.25, -0.2) is 14.8 Å². The van der Waals surface area contributed by atoms with E-state index in [1.54, 1.807) is 6.92 Å². The molecule has 1 aliphatic heterocycles. The summed E-state index contributed by atoms with van der Waals surface area (Å²) in [6.45, 7) is 2.59. The number of rotatable bonds is 2. The molecule has 0 unspecified atom stereocenters. The molecule has 3 rings (SSSR count). The normalized spacial score (nSPS) is 13.9. The van der Waals surface area contributed by atoms with Crippen molar-refractivity contribution in [3.05, 3.63) is 47.3 Å². The zero-order chi connectivity index (χ0) is 14.1. The third kappa shape index (κ3) is 2.22. The number of aryl methyl sites for hydroxylation is 2. The highest BCUT2D eigenvalue weighted by Crippen LogP contribution is 2.31. The molecular weight excluding hydrogens is 254 g/mol. The summed E-state index contributed by atoms with van der Waals surface area (Å²) in [4.78, 5) is 21.7. The number of aromatic carboxylic acids is 1. The molecule has 20 heavy (non-hydrogen) atoms. The van der Waals surface area contributed by atoms with E-state index in [4.69, 9.17) is 5.11 Å². The Morgan fingerprint density at radius 3 is 2.90 bits per heavy atom. The van der Waals surface area contributed by atoms with Crippen LogP contribution in [0, 0.1) is 6.92 Å². The van der Waals surface area contributed by atoms with Gasteiger partial charge in [0.25, 0.3) is 0 Å². The van der Waals surface area contributed by atoms with Crippen molar-refractivity contribution in [1.82, 2.24) is 9.97 Å². The molecule has 0 fully saturated rings. The molecule has 0 atom stereocenters. The molecule has 1 N–H and O–H groups in total. The number of hydrogen-bond acceptors (Lipinski definition) is 4. The Bertz CT molecular complexity index is 670. The van der Waals surface area contributed by atoms with Crippen LogP contribution in [0.5, 0.6) is 0 Å². The summed E-state index contributed by atoms with van der Waals surface area (Å²) in [5, 5.41) is 9.12. The number of benzene rings is 1. The molecule has 5 nitrogen and oxygen atoms in total. The second kappa shape index (κ2) is 4.92. The van der Waals surface area contributed by atoms with Crippen molar-refractivity contribution in [1.29, 1.82) is 0 Å². The Hall–Kier alpha value is -2.43. The zero-order valence-corrected chi connectivity index (χ0v) is 11.2. The van der Waals surface area contributed by atoms with Crippen molar-refractivity contribution in [2.24, 2.45) is 0 Å². The molecule has 0 saturated carbocycles. The van der Waals surface area contributed by atoms with Gasteiger partial charge < -0.3 is 10.0 Å². The lowest BCUT2D eigenvalue weighted by Crippen LogP contribution is -2.27. The maximum atomic E-state index is 11.1. The van der Waals surface area contributed by atoms with Crippen molar-refractivity contribution in [2.45, 2.75) is 19.8 Å². The van der Waals surface area contributed by atoms with Crippen molar-refractivity contribution in [3.63, 3.8) is 0 Å². The highest BCUT2D eigenvalue weighted by atomic mass is 16.4. The lowest BCUT2D eigenvalue weighted by atomic mass is 10.0. The quantitative estimate of drug-likeness (QED) is 0.907. The Morgan fingerprint density at radius 2 is 2.10 bits per heavy atom. The van der Waals surface area contributed by atoms with Crippen LogP contribution in [0.3, 0.4) is 0 Å². The fourth-order valence-corrected chi connectivity index (χ4v) is 2.52. The number of carboxylic acids is 1.